The molecule has 1 aliphatic heterocycles. The molecule has 0 aromatic heterocycles. The molecule has 8 heteroatoms. The van der Waals surface area contributed by atoms with Crippen molar-refractivity contribution in [1.82, 2.24) is 4.72 Å². The molecule has 0 saturated carbocycles. The average molecular weight is 302 g/mol. The van der Waals surface area contributed by atoms with Crippen molar-refractivity contribution in [1.29, 1.82) is 0 Å². The third-order valence-electron chi connectivity index (χ3n) is 2.72. The van der Waals surface area contributed by atoms with Crippen LogP contribution in [0.25, 0.3) is 0 Å². The van der Waals surface area contributed by atoms with E-state index in [1.54, 1.807) is 18.2 Å². The molecule has 1 heterocycles. The summed E-state index contributed by atoms with van der Waals surface area (Å²) in [6.07, 6.45) is 1.51. The zero-order valence-electron chi connectivity index (χ0n) is 10.2. The first-order valence-corrected chi connectivity index (χ1v) is 8.74. The molecule has 0 amide bonds. The molecule has 0 saturated heterocycles. The summed E-state index contributed by atoms with van der Waals surface area (Å²) in [5.41, 5.74) is 0.378. The van der Waals surface area contributed by atoms with Crippen LogP contribution < -0.4 is 10.0 Å². The van der Waals surface area contributed by atoms with E-state index >= 15 is 0 Å². The first-order chi connectivity index (χ1) is 8.84. The Labute approximate surface area is 112 Å². The Balaban J connectivity index is 2.30. The highest BCUT2D eigenvalue weighted by molar-refractivity contribution is 7.94. The molecule has 0 bridgehead atoms. The van der Waals surface area contributed by atoms with Gasteiger partial charge in [-0.25, -0.2) is 21.6 Å². The van der Waals surface area contributed by atoms with Crippen LogP contribution in [0.2, 0.25) is 0 Å². The molecular weight excluding hydrogens is 288 g/mol. The summed E-state index contributed by atoms with van der Waals surface area (Å²) in [6, 6.07) is 5.93. The molecule has 1 aliphatic rings. The summed E-state index contributed by atoms with van der Waals surface area (Å²) in [7, 11) is -5.44. The van der Waals surface area contributed by atoms with Crippen molar-refractivity contribution in [3.05, 3.63) is 35.7 Å². The summed E-state index contributed by atoms with van der Waals surface area (Å²) in [6.45, 7) is 0. The number of para-hydroxylation sites is 1. The van der Waals surface area contributed by atoms with Crippen LogP contribution in [0.4, 0.5) is 5.69 Å². The van der Waals surface area contributed by atoms with Crippen molar-refractivity contribution in [2.45, 2.75) is 10.9 Å². The molecule has 2 N–H and O–H groups in total. The largest absolute Gasteiger partial charge is 0.377 e. The molecule has 0 fully saturated rings. The number of nitrogens with one attached hydrogen (secondary N) is 2. The highest BCUT2D eigenvalue weighted by Gasteiger charge is 2.24. The van der Waals surface area contributed by atoms with E-state index in [0.717, 1.165) is 5.41 Å². The van der Waals surface area contributed by atoms with Gasteiger partial charge in [-0.3, -0.25) is 0 Å². The summed E-state index contributed by atoms with van der Waals surface area (Å²) < 4.78 is 48.5. The number of benzene rings is 1. The normalized spacial score (nSPS) is 21.4. The minimum absolute atomic E-state index is 0.0685. The van der Waals surface area contributed by atoms with Crippen molar-refractivity contribution in [3.63, 3.8) is 0 Å². The quantitative estimate of drug-likeness (QED) is 0.835. The van der Waals surface area contributed by atoms with Crippen LogP contribution in [0.1, 0.15) is 0 Å². The van der Waals surface area contributed by atoms with Gasteiger partial charge in [0.1, 0.15) is 4.90 Å². The van der Waals surface area contributed by atoms with E-state index in [-0.39, 0.29) is 10.6 Å². The molecule has 1 unspecified atom stereocenters. The van der Waals surface area contributed by atoms with E-state index in [4.69, 9.17) is 0 Å². The zero-order chi connectivity index (χ0) is 14.1. The number of rotatable bonds is 4. The van der Waals surface area contributed by atoms with Gasteiger partial charge in [0.05, 0.1) is 17.5 Å². The Kier molecular flexibility index (Phi) is 3.66. The first-order valence-electron chi connectivity index (χ1n) is 5.54. The van der Waals surface area contributed by atoms with Crippen LogP contribution in [0, 0.1) is 0 Å². The van der Waals surface area contributed by atoms with Crippen LogP contribution in [0.5, 0.6) is 0 Å². The number of sulfone groups is 1. The lowest BCUT2D eigenvalue weighted by Crippen LogP contribution is -2.24. The van der Waals surface area contributed by atoms with E-state index in [1.165, 1.54) is 19.2 Å². The lowest BCUT2D eigenvalue weighted by molar-refractivity contribution is 0.588. The van der Waals surface area contributed by atoms with Gasteiger partial charge in [0.15, 0.2) is 9.84 Å². The molecule has 0 aliphatic carbocycles. The van der Waals surface area contributed by atoms with Gasteiger partial charge in [-0.2, -0.15) is 0 Å². The van der Waals surface area contributed by atoms with E-state index in [9.17, 15) is 16.8 Å². The Hall–Kier alpha value is -1.38. The van der Waals surface area contributed by atoms with Crippen molar-refractivity contribution >= 4 is 25.5 Å². The van der Waals surface area contributed by atoms with Gasteiger partial charge in [-0.1, -0.05) is 18.2 Å². The Bertz CT molecular complexity index is 708. The second kappa shape index (κ2) is 4.95. The fourth-order valence-electron chi connectivity index (χ4n) is 1.80. The minimum atomic E-state index is -3.59. The van der Waals surface area contributed by atoms with Crippen LogP contribution >= 0.6 is 0 Å². The smallest absolute Gasteiger partial charge is 0.242 e. The second-order valence-electron chi connectivity index (χ2n) is 4.11. The van der Waals surface area contributed by atoms with Crippen molar-refractivity contribution < 1.29 is 16.8 Å². The highest BCUT2D eigenvalue weighted by Crippen LogP contribution is 2.23. The summed E-state index contributed by atoms with van der Waals surface area (Å²) in [4.78, 5) is 0.0928. The van der Waals surface area contributed by atoms with E-state index in [0.29, 0.717) is 5.69 Å². The predicted octanol–water partition coefficient (Wildman–Crippen LogP) is 0.317. The van der Waals surface area contributed by atoms with Crippen LogP contribution in [0.15, 0.2) is 40.6 Å². The van der Waals surface area contributed by atoms with Gasteiger partial charge in [0.2, 0.25) is 10.0 Å². The molecule has 19 heavy (non-hydrogen) atoms. The molecule has 0 radical (unpaired) electrons. The topological polar surface area (TPSA) is 92.3 Å². The van der Waals surface area contributed by atoms with Gasteiger partial charge in [0, 0.05) is 5.41 Å². The fourth-order valence-corrected chi connectivity index (χ4v) is 3.92. The number of hydrogen-bond acceptors (Lipinski definition) is 5. The molecule has 6 nitrogen and oxygen atoms in total. The molecule has 1 aromatic carbocycles. The maximum atomic E-state index is 11.8. The molecule has 0 spiro atoms. The average Bonchev–Trinajstić information content (AvgIpc) is 2.69. The molecule has 1 aromatic rings. The maximum absolute atomic E-state index is 11.8. The SMILES string of the molecule is CNS(=O)(=O)c1ccccc1NC1C=CS(=O)(=O)C1. The summed E-state index contributed by atoms with van der Waals surface area (Å²) >= 11 is 0. The Morgan fingerprint density at radius 2 is 1.95 bits per heavy atom. The number of sulfonamides is 1. The van der Waals surface area contributed by atoms with Crippen LogP contribution in [-0.4, -0.2) is 35.7 Å². The van der Waals surface area contributed by atoms with E-state index in [1.807, 2.05) is 0 Å². The van der Waals surface area contributed by atoms with Crippen molar-refractivity contribution in [3.8, 4) is 0 Å². The van der Waals surface area contributed by atoms with Gasteiger partial charge in [-0.15, -0.1) is 0 Å². The highest BCUT2D eigenvalue weighted by atomic mass is 32.2. The van der Waals surface area contributed by atoms with Crippen LogP contribution in [0.3, 0.4) is 0 Å². The molecule has 1 atom stereocenters. The monoisotopic (exact) mass is 302 g/mol. The summed E-state index contributed by atoms with van der Waals surface area (Å²) in [5, 5.41) is 4.06. The van der Waals surface area contributed by atoms with Crippen molar-refractivity contribution in [2.24, 2.45) is 0 Å². The third-order valence-corrected chi connectivity index (χ3v) is 5.58. The van der Waals surface area contributed by atoms with Gasteiger partial charge < -0.3 is 5.32 Å². The molecule has 2 rings (SSSR count). The lowest BCUT2D eigenvalue weighted by atomic mass is 10.2. The van der Waals surface area contributed by atoms with Gasteiger partial charge in [-0.05, 0) is 19.2 Å². The minimum Gasteiger partial charge on any atom is -0.377 e. The maximum Gasteiger partial charge on any atom is 0.242 e. The Morgan fingerprint density at radius 1 is 1.26 bits per heavy atom. The van der Waals surface area contributed by atoms with Crippen molar-refractivity contribution in [2.75, 3.05) is 18.1 Å². The zero-order valence-corrected chi connectivity index (χ0v) is 11.8. The van der Waals surface area contributed by atoms with E-state index in [2.05, 4.69) is 10.0 Å². The first kappa shape index (κ1) is 14.0. The number of hydrogen-bond donors (Lipinski definition) is 2. The Morgan fingerprint density at radius 3 is 2.53 bits per heavy atom. The van der Waals surface area contributed by atoms with E-state index < -0.39 is 25.9 Å². The predicted molar refractivity (Wildman–Crippen MR) is 73.0 cm³/mol. The van der Waals surface area contributed by atoms with Gasteiger partial charge >= 0.3 is 0 Å². The second-order valence-corrected chi connectivity index (χ2v) is 7.90. The molecule has 104 valence electrons. The fraction of sp³-hybridized carbons (Fsp3) is 0.273. The van der Waals surface area contributed by atoms with Gasteiger partial charge in [0.25, 0.3) is 0 Å². The number of anilines is 1. The molecular formula is C11H14N2O4S2. The van der Waals surface area contributed by atoms with Crippen LogP contribution in [-0.2, 0) is 19.9 Å². The lowest BCUT2D eigenvalue weighted by Gasteiger charge is -2.15. The summed E-state index contributed by atoms with van der Waals surface area (Å²) in [5.74, 6) is -0.0685. The standard InChI is InChI=1S/C11H14N2O4S2/c1-12-19(16,17)11-5-3-2-4-10(11)13-9-6-7-18(14,15)8-9/h2-7,9,12-13H,8H2,1H3. The third kappa shape index (κ3) is 3.14.